The molecule has 1 aliphatic carbocycles. The minimum Gasteiger partial charge on any atom is -0.452 e. The van der Waals surface area contributed by atoms with Gasteiger partial charge >= 0.3 is 5.97 Å². The van der Waals surface area contributed by atoms with E-state index < -0.39 is 60.5 Å². The predicted molar refractivity (Wildman–Crippen MR) is 157 cm³/mol. The average Bonchev–Trinajstić information content (AvgIpc) is 3.00. The second kappa shape index (κ2) is 13.0. The van der Waals surface area contributed by atoms with Crippen molar-refractivity contribution in [2.75, 3.05) is 12.3 Å². The summed E-state index contributed by atoms with van der Waals surface area (Å²) in [6.45, 7) is 1.11. The fourth-order valence-electron chi connectivity index (χ4n) is 5.40. The molecule has 4 N–H and O–H groups in total. The Bertz CT molecular complexity index is 1700. The first kappa shape index (κ1) is 31.6. The lowest BCUT2D eigenvalue weighted by atomic mass is 9.82. The van der Waals surface area contributed by atoms with E-state index in [1.165, 1.54) is 42.6 Å². The number of esters is 1. The van der Waals surface area contributed by atoms with Crippen LogP contribution in [0.5, 0.6) is 0 Å². The zero-order valence-electron chi connectivity index (χ0n) is 24.1. The molecule has 45 heavy (non-hydrogen) atoms. The van der Waals surface area contributed by atoms with Crippen molar-refractivity contribution < 1.29 is 37.0 Å². The molecule has 1 aromatic heterocycles. The molecule has 4 aromatic rings. The molecule has 0 bridgehead atoms. The molecule has 1 heterocycles. The normalized spacial score (nSPS) is 18.2. The van der Waals surface area contributed by atoms with Gasteiger partial charge < -0.3 is 20.9 Å². The summed E-state index contributed by atoms with van der Waals surface area (Å²) in [5, 5.41) is 12.3. The maximum Gasteiger partial charge on any atom is 0.338 e. The molecule has 3 aromatic carbocycles. The van der Waals surface area contributed by atoms with Gasteiger partial charge in [0.1, 0.15) is 23.1 Å². The number of ether oxygens (including phenoxy) is 1. The number of aliphatic hydroxyl groups excluding tert-OH is 1. The number of carbonyl (C=O) groups is 2. The number of hydrogen-bond acceptors (Lipinski definition) is 7. The van der Waals surface area contributed by atoms with Crippen LogP contribution in [0.2, 0.25) is 0 Å². The lowest BCUT2D eigenvalue weighted by Gasteiger charge is -2.35. The Morgan fingerprint density at radius 3 is 2.51 bits per heavy atom. The molecule has 234 valence electrons. The molecule has 8 nitrogen and oxygen atoms in total. The van der Waals surface area contributed by atoms with Gasteiger partial charge in [0.05, 0.1) is 35.7 Å². The van der Waals surface area contributed by atoms with E-state index in [9.17, 15) is 19.1 Å². The number of nitrogens with zero attached hydrogens (tertiary/aromatic N) is 2. The number of aryl methyl sites for hydroxylation is 1. The van der Waals surface area contributed by atoms with Crippen molar-refractivity contribution in [1.82, 2.24) is 15.3 Å². The number of benzene rings is 3. The summed E-state index contributed by atoms with van der Waals surface area (Å²) >= 11 is 0. The fourth-order valence-corrected chi connectivity index (χ4v) is 5.40. The molecule has 12 heteroatoms. The number of nitrogens with two attached hydrogens (primary N) is 1. The van der Waals surface area contributed by atoms with Crippen molar-refractivity contribution in [3.63, 3.8) is 0 Å². The van der Waals surface area contributed by atoms with Crippen molar-refractivity contribution in [3.05, 3.63) is 113 Å². The van der Waals surface area contributed by atoms with Crippen LogP contribution in [0.15, 0.2) is 72.9 Å². The van der Waals surface area contributed by atoms with Crippen LogP contribution < -0.4 is 11.1 Å². The molecule has 0 radical (unpaired) electrons. The first-order valence-electron chi connectivity index (χ1n) is 14.2. The quantitative estimate of drug-likeness (QED) is 0.165. The number of aromatic nitrogens is 2. The number of amides is 1. The third-order valence-corrected chi connectivity index (χ3v) is 7.71. The van der Waals surface area contributed by atoms with E-state index >= 15 is 13.2 Å². The van der Waals surface area contributed by atoms with Crippen molar-refractivity contribution in [2.45, 2.75) is 50.2 Å². The fraction of sp³-hybridized carbons (Fsp3) is 0.273. The molecule has 1 amide bonds. The van der Waals surface area contributed by atoms with E-state index in [1.807, 2.05) is 0 Å². The van der Waals surface area contributed by atoms with E-state index in [-0.39, 0.29) is 46.7 Å². The second-order valence-corrected chi connectivity index (χ2v) is 11.0. The predicted octanol–water partition coefficient (Wildman–Crippen LogP) is 5.90. The first-order valence-corrected chi connectivity index (χ1v) is 14.2. The van der Waals surface area contributed by atoms with Gasteiger partial charge in [-0.05, 0) is 67.3 Å². The number of rotatable bonds is 8. The Morgan fingerprint density at radius 1 is 1.09 bits per heavy atom. The molecule has 0 aliphatic heterocycles. The molecule has 1 saturated carbocycles. The molecule has 5 rings (SSSR count). The number of aliphatic hydroxyl groups is 1. The summed E-state index contributed by atoms with van der Waals surface area (Å²) in [4.78, 5) is 33.8. The van der Waals surface area contributed by atoms with Crippen LogP contribution in [0, 0.1) is 18.6 Å². The summed E-state index contributed by atoms with van der Waals surface area (Å²) < 4.78 is 64.5. The largest absolute Gasteiger partial charge is 0.452 e. The highest BCUT2D eigenvalue weighted by molar-refractivity contribution is 5.95. The van der Waals surface area contributed by atoms with Crippen LogP contribution in [0.1, 0.15) is 68.8 Å². The summed E-state index contributed by atoms with van der Waals surface area (Å²) in [6, 6.07) is 14.6. The highest BCUT2D eigenvalue weighted by Gasteiger charge is 2.48. The van der Waals surface area contributed by atoms with Crippen molar-refractivity contribution >= 4 is 17.7 Å². The van der Waals surface area contributed by atoms with Crippen LogP contribution in [0.3, 0.4) is 0 Å². The van der Waals surface area contributed by atoms with Crippen LogP contribution in [0.4, 0.5) is 23.4 Å². The highest BCUT2D eigenvalue weighted by atomic mass is 19.3. The molecule has 0 saturated heterocycles. The minimum absolute atomic E-state index is 0.0442. The smallest absolute Gasteiger partial charge is 0.338 e. The molecule has 0 spiro atoms. The third kappa shape index (κ3) is 7.12. The van der Waals surface area contributed by atoms with Crippen LogP contribution in [-0.4, -0.2) is 45.6 Å². The molecular formula is C33H30F4N4O4. The van der Waals surface area contributed by atoms with E-state index in [0.29, 0.717) is 11.1 Å². The Hall–Kier alpha value is -4.84. The van der Waals surface area contributed by atoms with Gasteiger partial charge in [0, 0.05) is 17.9 Å². The van der Waals surface area contributed by atoms with Crippen molar-refractivity contribution in [2.24, 2.45) is 0 Å². The van der Waals surface area contributed by atoms with Crippen LogP contribution in [-0.2, 0) is 4.74 Å². The lowest BCUT2D eigenvalue weighted by molar-refractivity contribution is -0.140. The summed E-state index contributed by atoms with van der Waals surface area (Å²) in [5.41, 5.74) is 7.15. The molecule has 3 atom stereocenters. The monoisotopic (exact) mass is 622 g/mol. The summed E-state index contributed by atoms with van der Waals surface area (Å²) in [6.07, 6.45) is -0.852. The van der Waals surface area contributed by atoms with Gasteiger partial charge in [-0.2, -0.15) is 0 Å². The Morgan fingerprint density at radius 2 is 1.84 bits per heavy atom. The van der Waals surface area contributed by atoms with Gasteiger partial charge in [-0.25, -0.2) is 32.3 Å². The van der Waals surface area contributed by atoms with Gasteiger partial charge in [-0.1, -0.05) is 30.3 Å². The zero-order valence-corrected chi connectivity index (χ0v) is 24.1. The number of nitrogen functional groups attached to an aromatic ring is 1. The van der Waals surface area contributed by atoms with E-state index in [2.05, 4.69) is 15.3 Å². The van der Waals surface area contributed by atoms with Gasteiger partial charge in [0.25, 0.3) is 11.8 Å². The summed E-state index contributed by atoms with van der Waals surface area (Å²) in [7, 11) is 0. The lowest BCUT2D eigenvalue weighted by Crippen LogP contribution is -2.42. The van der Waals surface area contributed by atoms with Gasteiger partial charge in [0.2, 0.25) is 0 Å². The van der Waals surface area contributed by atoms with Crippen molar-refractivity contribution in [1.29, 1.82) is 0 Å². The maximum absolute atomic E-state index is 15.2. The summed E-state index contributed by atoms with van der Waals surface area (Å²) in [5.74, 6) is -7.31. The highest BCUT2D eigenvalue weighted by Crippen LogP contribution is 2.43. The van der Waals surface area contributed by atoms with Gasteiger partial charge in [0.15, 0.2) is 6.10 Å². The number of carbonyl (C=O) groups excluding carboxylic acids is 2. The van der Waals surface area contributed by atoms with Gasteiger partial charge in [-0.15, -0.1) is 0 Å². The number of alkyl halides is 2. The number of halogens is 4. The number of anilines is 1. The third-order valence-electron chi connectivity index (χ3n) is 7.71. The minimum atomic E-state index is -3.34. The Labute approximate surface area is 256 Å². The Kier molecular flexibility index (Phi) is 9.14. The van der Waals surface area contributed by atoms with E-state index in [1.54, 1.807) is 31.2 Å². The van der Waals surface area contributed by atoms with E-state index in [4.69, 9.17) is 10.5 Å². The number of nitrogens with one attached hydrogen (secondary N) is 1. The van der Waals surface area contributed by atoms with E-state index in [0.717, 1.165) is 6.07 Å². The standard InChI is InChI=1S/C33H30F4N4O4/c1-18-11-22(13-23(34)12-18)27(17-42)41-31(43)24-9-7-20(14-25(24)35)29-30(38)39-16-26(40-29)21-8-10-28(33(36,37)15-21)45-32(44)19-5-3-2-4-6-19/h2-7,9,11-14,16,21,27-28,42H,8,10,15,17H2,1H3,(H2,38,39)(H,41,43)/t21-,27+,28-/m0/s1. The Balaban J connectivity index is 1.31. The van der Waals surface area contributed by atoms with Gasteiger partial charge in [-0.3, -0.25) is 4.79 Å². The average molecular weight is 623 g/mol. The topological polar surface area (TPSA) is 127 Å². The second-order valence-electron chi connectivity index (χ2n) is 11.0. The molecule has 0 unspecified atom stereocenters. The molecule has 1 aliphatic rings. The van der Waals surface area contributed by atoms with Crippen molar-refractivity contribution in [3.8, 4) is 11.3 Å². The molecule has 1 fully saturated rings. The SMILES string of the molecule is Cc1cc(F)cc([C@@H](CO)NC(=O)c2ccc(-c3nc([C@H]4CC[C@H](OC(=O)c5ccccc5)C(F)(F)C4)cnc3N)cc2F)c1. The molecular weight excluding hydrogens is 592 g/mol. The number of hydrogen-bond donors (Lipinski definition) is 3. The van der Waals surface area contributed by atoms with Crippen LogP contribution >= 0.6 is 0 Å². The zero-order chi connectivity index (χ0) is 32.3. The maximum atomic E-state index is 15.2. The van der Waals surface area contributed by atoms with Crippen LogP contribution in [0.25, 0.3) is 11.3 Å². The first-order chi connectivity index (χ1) is 21.4.